The van der Waals surface area contributed by atoms with Crippen LogP contribution >= 0.6 is 0 Å². The molecule has 0 unspecified atom stereocenters. The highest BCUT2D eigenvalue weighted by molar-refractivity contribution is 5.78. The minimum atomic E-state index is -1.09. The average Bonchev–Trinajstić information content (AvgIpc) is 3.09. The van der Waals surface area contributed by atoms with E-state index in [0.717, 1.165) is 0 Å². The highest BCUT2D eigenvalue weighted by Crippen LogP contribution is 2.41. The summed E-state index contributed by atoms with van der Waals surface area (Å²) in [5.41, 5.74) is 1.25. The van der Waals surface area contributed by atoms with Crippen LogP contribution < -0.4 is 10.1 Å². The third kappa shape index (κ3) is 3.56. The Kier molecular flexibility index (Phi) is 5.27. The van der Waals surface area contributed by atoms with Gasteiger partial charge < -0.3 is 14.6 Å². The van der Waals surface area contributed by atoms with Crippen LogP contribution in [0.25, 0.3) is 0 Å². The first-order valence-corrected chi connectivity index (χ1v) is 8.36. The molecule has 0 saturated carbocycles. The van der Waals surface area contributed by atoms with E-state index in [-0.39, 0.29) is 10.7 Å². The number of hydrogen-bond acceptors (Lipinski definition) is 7. The van der Waals surface area contributed by atoms with Crippen molar-refractivity contribution in [2.45, 2.75) is 24.0 Å². The van der Waals surface area contributed by atoms with E-state index in [1.165, 1.54) is 26.4 Å². The normalized spacial score (nSPS) is 24.4. The maximum atomic E-state index is 12.3. The summed E-state index contributed by atoms with van der Waals surface area (Å²) in [7, 11) is 2.79. The van der Waals surface area contributed by atoms with Crippen molar-refractivity contribution >= 4 is 5.97 Å². The number of carbonyl (C=O) groups is 1. The van der Waals surface area contributed by atoms with Crippen LogP contribution in [0.2, 0.25) is 0 Å². The minimum Gasteiger partial charge on any atom is -0.508 e. The summed E-state index contributed by atoms with van der Waals surface area (Å²) in [6.45, 7) is 0. The Labute approximate surface area is 155 Å². The summed E-state index contributed by atoms with van der Waals surface area (Å²) in [6, 6.07) is 10.3. The van der Waals surface area contributed by atoms with Crippen LogP contribution in [0.5, 0.6) is 11.5 Å². The summed E-state index contributed by atoms with van der Waals surface area (Å²) < 4.78 is 10.0. The molecule has 1 saturated heterocycles. The zero-order valence-corrected chi connectivity index (χ0v) is 14.9. The van der Waals surface area contributed by atoms with Gasteiger partial charge in [-0.1, -0.05) is 24.3 Å². The summed E-state index contributed by atoms with van der Waals surface area (Å²) in [6.07, 6.45) is 0. The third-order valence-electron chi connectivity index (χ3n) is 4.88. The number of nitro groups is 1. The lowest BCUT2D eigenvalue weighted by molar-refractivity contribution is -0.527. The molecule has 0 aromatic heterocycles. The molecule has 0 aliphatic carbocycles. The fourth-order valence-electron chi connectivity index (χ4n) is 3.59. The molecule has 0 spiro atoms. The van der Waals surface area contributed by atoms with Gasteiger partial charge in [-0.3, -0.25) is 20.2 Å². The highest BCUT2D eigenvalue weighted by atomic mass is 16.6. The summed E-state index contributed by atoms with van der Waals surface area (Å²) in [4.78, 5) is 23.9. The number of rotatable bonds is 5. The summed E-state index contributed by atoms with van der Waals surface area (Å²) >= 11 is 0. The Morgan fingerprint density at radius 2 is 1.67 bits per heavy atom. The number of phenols is 1. The molecular weight excluding hydrogens is 352 g/mol. The lowest BCUT2D eigenvalue weighted by Gasteiger charge is -2.19. The molecule has 0 amide bonds. The lowest BCUT2D eigenvalue weighted by atomic mass is 9.85. The number of nitrogens with one attached hydrogen (secondary N) is 1. The number of benzene rings is 2. The van der Waals surface area contributed by atoms with Crippen LogP contribution in [0.1, 0.15) is 23.1 Å². The van der Waals surface area contributed by atoms with Crippen LogP contribution in [0.15, 0.2) is 48.5 Å². The van der Waals surface area contributed by atoms with Crippen molar-refractivity contribution in [2.75, 3.05) is 14.2 Å². The van der Waals surface area contributed by atoms with Crippen LogP contribution in [0.3, 0.4) is 0 Å². The van der Waals surface area contributed by atoms with Crippen LogP contribution in [0, 0.1) is 10.1 Å². The van der Waals surface area contributed by atoms with Gasteiger partial charge in [0.1, 0.15) is 23.6 Å². The highest BCUT2D eigenvalue weighted by Gasteiger charge is 2.54. The molecule has 4 atom stereocenters. The molecule has 0 radical (unpaired) electrons. The van der Waals surface area contributed by atoms with Crippen molar-refractivity contribution in [2.24, 2.45) is 0 Å². The van der Waals surface area contributed by atoms with Gasteiger partial charge in [0, 0.05) is 4.92 Å². The third-order valence-corrected chi connectivity index (χ3v) is 4.88. The second-order valence-electron chi connectivity index (χ2n) is 6.31. The number of methoxy groups -OCH3 is 2. The molecule has 2 aromatic rings. The standard InChI is InChI=1S/C19H20N2O6/c1-26-14-9-5-11(6-10-14)15-17(19(23)27-2)20-16(18(15)21(24)25)12-3-7-13(22)8-4-12/h3-10,15-18,20,22H,1-2H3/t15-,16+,17-,18+/m1/s1. The first-order chi connectivity index (χ1) is 13.0. The molecular formula is C19H20N2O6. The van der Waals surface area contributed by atoms with E-state index in [1.807, 2.05) is 0 Å². The predicted octanol–water partition coefficient (Wildman–Crippen LogP) is 2.02. The van der Waals surface area contributed by atoms with Crippen LogP contribution in [-0.2, 0) is 9.53 Å². The van der Waals surface area contributed by atoms with Crippen molar-refractivity contribution in [1.29, 1.82) is 0 Å². The van der Waals surface area contributed by atoms with Gasteiger partial charge in [0.2, 0.25) is 6.04 Å². The first-order valence-electron chi connectivity index (χ1n) is 8.36. The second kappa shape index (κ2) is 7.63. The van der Waals surface area contributed by atoms with Crippen LogP contribution in [0.4, 0.5) is 0 Å². The number of hydrogen-bond donors (Lipinski definition) is 2. The average molecular weight is 372 g/mol. The molecule has 0 bridgehead atoms. The molecule has 27 heavy (non-hydrogen) atoms. The van der Waals surface area contributed by atoms with Crippen molar-refractivity contribution in [3.8, 4) is 11.5 Å². The predicted molar refractivity (Wildman–Crippen MR) is 96.3 cm³/mol. The molecule has 8 heteroatoms. The van der Waals surface area contributed by atoms with Gasteiger partial charge in [0.05, 0.1) is 20.1 Å². The smallest absolute Gasteiger partial charge is 0.323 e. The zero-order valence-electron chi connectivity index (χ0n) is 14.9. The molecule has 1 aliphatic rings. The Bertz CT molecular complexity index is 821. The Morgan fingerprint density at radius 3 is 2.19 bits per heavy atom. The molecule has 3 rings (SSSR count). The molecule has 1 heterocycles. The van der Waals surface area contributed by atoms with Gasteiger partial charge in [-0.15, -0.1) is 0 Å². The second-order valence-corrected chi connectivity index (χ2v) is 6.31. The van der Waals surface area contributed by atoms with Crippen molar-refractivity contribution in [3.05, 3.63) is 69.8 Å². The number of phenolic OH excluding ortho intramolecular Hbond substituents is 1. The number of ether oxygens (including phenoxy) is 2. The molecule has 2 N–H and O–H groups in total. The van der Waals surface area contributed by atoms with E-state index in [9.17, 15) is 20.0 Å². The number of carbonyl (C=O) groups excluding carboxylic acids is 1. The SMILES string of the molecule is COC(=O)[C@@H]1N[C@@H](c2ccc(O)cc2)[C@@H]([N+](=O)[O-])[C@@H]1c1ccc(OC)cc1. The molecule has 142 valence electrons. The van der Waals surface area contributed by atoms with Gasteiger partial charge in [0.15, 0.2) is 0 Å². The van der Waals surface area contributed by atoms with Gasteiger partial charge in [-0.2, -0.15) is 0 Å². The first kappa shape index (κ1) is 18.7. The Hall–Kier alpha value is -3.13. The largest absolute Gasteiger partial charge is 0.508 e. The number of esters is 1. The van der Waals surface area contributed by atoms with Gasteiger partial charge in [0.25, 0.3) is 0 Å². The maximum Gasteiger partial charge on any atom is 0.323 e. The van der Waals surface area contributed by atoms with E-state index in [2.05, 4.69) is 5.32 Å². The van der Waals surface area contributed by atoms with Crippen LogP contribution in [-0.4, -0.2) is 42.3 Å². The maximum absolute atomic E-state index is 12.3. The van der Waals surface area contributed by atoms with E-state index in [4.69, 9.17) is 9.47 Å². The number of aromatic hydroxyl groups is 1. The van der Waals surface area contributed by atoms with Gasteiger partial charge in [-0.25, -0.2) is 0 Å². The quantitative estimate of drug-likeness (QED) is 0.469. The fourth-order valence-corrected chi connectivity index (χ4v) is 3.59. The lowest BCUT2D eigenvalue weighted by Crippen LogP contribution is -2.37. The zero-order chi connectivity index (χ0) is 19.6. The summed E-state index contributed by atoms with van der Waals surface area (Å²) in [5, 5.41) is 24.5. The number of nitrogens with zero attached hydrogens (tertiary/aromatic N) is 1. The molecule has 2 aromatic carbocycles. The van der Waals surface area contributed by atoms with E-state index in [0.29, 0.717) is 16.9 Å². The van der Waals surface area contributed by atoms with Crippen molar-refractivity contribution in [1.82, 2.24) is 5.32 Å². The summed E-state index contributed by atoms with van der Waals surface area (Å²) in [5.74, 6) is -0.612. The van der Waals surface area contributed by atoms with E-state index < -0.39 is 30.0 Å². The van der Waals surface area contributed by atoms with Crippen molar-refractivity contribution in [3.63, 3.8) is 0 Å². The van der Waals surface area contributed by atoms with E-state index >= 15 is 0 Å². The molecule has 8 nitrogen and oxygen atoms in total. The molecule has 1 fully saturated rings. The van der Waals surface area contributed by atoms with Crippen molar-refractivity contribution < 1.29 is 24.3 Å². The van der Waals surface area contributed by atoms with E-state index in [1.54, 1.807) is 36.4 Å². The monoisotopic (exact) mass is 372 g/mol. The molecule has 1 aliphatic heterocycles. The Balaban J connectivity index is 2.06. The van der Waals surface area contributed by atoms with Gasteiger partial charge in [-0.05, 0) is 35.4 Å². The fraction of sp³-hybridized carbons (Fsp3) is 0.316. The Morgan fingerprint density at radius 1 is 1.07 bits per heavy atom. The minimum absolute atomic E-state index is 0.0608. The van der Waals surface area contributed by atoms with Gasteiger partial charge >= 0.3 is 5.97 Å². The topological polar surface area (TPSA) is 111 Å².